The molecule has 0 N–H and O–H groups in total. The van der Waals surface area contributed by atoms with Crippen LogP contribution in [-0.4, -0.2) is 0 Å². The van der Waals surface area contributed by atoms with E-state index in [1.807, 2.05) is 22.7 Å². The fourth-order valence-corrected chi connectivity index (χ4v) is 15.9. The summed E-state index contributed by atoms with van der Waals surface area (Å²) in [7, 11) is 0. The summed E-state index contributed by atoms with van der Waals surface area (Å²) in [4.78, 5) is 2.57. The predicted molar refractivity (Wildman–Crippen MR) is 339 cm³/mol. The van der Waals surface area contributed by atoms with Gasteiger partial charge in [-0.1, -0.05) is 279 Å². The fourth-order valence-electron chi connectivity index (χ4n) is 13.0. The first kappa shape index (κ1) is 44.8. The molecule has 0 fully saturated rings. The highest BCUT2D eigenvalue weighted by atomic mass is 32.1. The highest BCUT2D eigenvalue weighted by Crippen LogP contribution is 2.58. The molecule has 78 heavy (non-hydrogen) atoms. The largest absolute Gasteiger partial charge is 0.134 e. The smallest absolute Gasteiger partial charge is 0.0446 e. The second kappa shape index (κ2) is 18.1. The van der Waals surface area contributed by atoms with Crippen LogP contribution in [0.15, 0.2) is 279 Å². The second-order valence-corrected chi connectivity index (χ2v) is 22.5. The summed E-state index contributed by atoms with van der Waals surface area (Å²) in [6, 6.07) is 104. The molecule has 0 unspecified atom stereocenters. The SMILES string of the molecule is c1ccc(-c2c(-c3ccccc3)c3sc(-c4ccc5ccc6c(-c7sc8c(-c9ccccc9)c(-c9ccccc9)c9ccccc9c8c7-c7ccccc7)ccc7ccc4c5c76)c(-c4ccccc4)c3c3ccccc23)cc1. The molecule has 0 atom stereocenters. The standard InChI is InChI=1S/C76H46S2/c1-7-23-47(24-8-1)65-55-35-19-21-37-57(55)71-69(51-31-15-5-16-32-51)73(77-75(71)67(65)49-27-11-3-12-28-49)61-45-41-53-40-44-60-62(46-42-54-39-43-59(61)63(53)64(54)60)74-70(52-33-17-6-18-34-52)72-58-38-22-20-36-56(58)66(48-25-9-2-10-26-48)68(76(72)78-74)50-29-13-4-14-30-50/h1-46H. The lowest BCUT2D eigenvalue weighted by atomic mass is 9.84. The maximum Gasteiger partial charge on any atom is 0.0446 e. The van der Waals surface area contributed by atoms with E-state index in [0.717, 1.165) is 0 Å². The van der Waals surface area contributed by atoms with Gasteiger partial charge in [-0.05, 0) is 98.4 Å². The van der Waals surface area contributed by atoms with Crippen molar-refractivity contribution in [2.75, 3.05) is 0 Å². The Balaban J connectivity index is 1.01. The Morgan fingerprint density at radius 3 is 0.782 bits per heavy atom. The van der Waals surface area contributed by atoms with Gasteiger partial charge in [0, 0.05) is 63.3 Å². The molecule has 0 amide bonds. The third-order valence-electron chi connectivity index (χ3n) is 16.2. The first-order valence-corrected chi connectivity index (χ1v) is 28.5. The minimum Gasteiger partial charge on any atom is -0.134 e. The van der Waals surface area contributed by atoms with E-state index in [1.54, 1.807) is 0 Å². The van der Waals surface area contributed by atoms with Crippen LogP contribution in [0.5, 0.6) is 0 Å². The zero-order valence-corrected chi connectivity index (χ0v) is 44.0. The molecule has 0 saturated carbocycles. The molecule has 0 spiro atoms. The van der Waals surface area contributed by atoms with Crippen LogP contribution >= 0.6 is 22.7 Å². The van der Waals surface area contributed by atoms with Crippen LogP contribution in [-0.2, 0) is 0 Å². The molecule has 0 bridgehead atoms. The molecular weight excluding hydrogens is 977 g/mol. The summed E-state index contributed by atoms with van der Waals surface area (Å²) < 4.78 is 2.60. The van der Waals surface area contributed by atoms with Crippen molar-refractivity contribution in [2.24, 2.45) is 0 Å². The zero-order chi connectivity index (χ0) is 51.3. The molecule has 362 valence electrons. The van der Waals surface area contributed by atoms with Crippen LogP contribution in [0.3, 0.4) is 0 Å². The topological polar surface area (TPSA) is 0 Å². The van der Waals surface area contributed by atoms with Crippen LogP contribution < -0.4 is 0 Å². The van der Waals surface area contributed by atoms with Gasteiger partial charge < -0.3 is 0 Å². The van der Waals surface area contributed by atoms with E-state index >= 15 is 0 Å². The molecule has 2 heterocycles. The first-order chi connectivity index (χ1) is 38.8. The van der Waals surface area contributed by atoms with E-state index in [2.05, 4.69) is 279 Å². The van der Waals surface area contributed by atoms with Gasteiger partial charge in [0.15, 0.2) is 0 Å². The van der Waals surface area contributed by atoms with Crippen molar-refractivity contribution < 1.29 is 0 Å². The van der Waals surface area contributed by atoms with Gasteiger partial charge in [-0.15, -0.1) is 22.7 Å². The Morgan fingerprint density at radius 1 is 0.179 bits per heavy atom. The van der Waals surface area contributed by atoms with Gasteiger partial charge in [0.05, 0.1) is 0 Å². The highest BCUT2D eigenvalue weighted by molar-refractivity contribution is 7.24. The van der Waals surface area contributed by atoms with Gasteiger partial charge in [-0.2, -0.15) is 0 Å². The molecule has 16 aromatic rings. The number of benzene rings is 14. The maximum absolute atomic E-state index is 2.41. The fraction of sp³-hybridized carbons (Fsp3) is 0. The lowest BCUT2D eigenvalue weighted by Gasteiger charge is -2.18. The molecule has 0 aliphatic carbocycles. The summed E-state index contributed by atoms with van der Waals surface area (Å²) >= 11 is 3.90. The van der Waals surface area contributed by atoms with Crippen LogP contribution in [0.4, 0.5) is 0 Å². The Kier molecular flexibility index (Phi) is 10.4. The molecule has 0 aliphatic rings. The van der Waals surface area contributed by atoms with Crippen molar-refractivity contribution in [3.63, 3.8) is 0 Å². The Hall–Kier alpha value is -9.44. The van der Waals surface area contributed by atoms with Crippen molar-refractivity contribution in [3.8, 4) is 87.6 Å². The van der Waals surface area contributed by atoms with Crippen LogP contribution in [0.25, 0.3) is 162 Å². The predicted octanol–water partition coefficient (Wildman–Crippen LogP) is 22.7. The quantitative estimate of drug-likeness (QED) is 0.133. The summed E-state index contributed by atoms with van der Waals surface area (Å²) in [5, 5.41) is 15.3. The lowest BCUT2D eigenvalue weighted by Crippen LogP contribution is -1.91. The van der Waals surface area contributed by atoms with Gasteiger partial charge >= 0.3 is 0 Å². The molecule has 0 saturated heterocycles. The van der Waals surface area contributed by atoms with Gasteiger partial charge in [0.1, 0.15) is 0 Å². The van der Waals surface area contributed by atoms with Crippen molar-refractivity contribution in [1.82, 2.24) is 0 Å². The molecule has 16 rings (SSSR count). The van der Waals surface area contributed by atoms with Crippen molar-refractivity contribution >= 4 is 96.7 Å². The van der Waals surface area contributed by atoms with E-state index in [0.29, 0.717) is 0 Å². The molecule has 14 aromatic carbocycles. The summed E-state index contributed by atoms with van der Waals surface area (Å²) in [6.45, 7) is 0. The number of fused-ring (bicyclic) bond motifs is 6. The normalized spacial score (nSPS) is 11.8. The number of rotatable bonds is 8. The van der Waals surface area contributed by atoms with Crippen LogP contribution in [0.2, 0.25) is 0 Å². The Bertz CT molecular complexity index is 4640. The molecule has 2 heteroatoms. The molecule has 0 aliphatic heterocycles. The van der Waals surface area contributed by atoms with Crippen LogP contribution in [0, 0.1) is 0 Å². The summed E-state index contributed by atoms with van der Waals surface area (Å²) in [5.74, 6) is 0. The first-order valence-electron chi connectivity index (χ1n) is 26.8. The molecule has 0 nitrogen and oxygen atoms in total. The third-order valence-corrected chi connectivity index (χ3v) is 18.7. The van der Waals surface area contributed by atoms with E-state index in [9.17, 15) is 0 Å². The second-order valence-electron chi connectivity index (χ2n) is 20.5. The third kappa shape index (κ3) is 6.84. The molecule has 2 aromatic heterocycles. The van der Waals surface area contributed by atoms with E-state index < -0.39 is 0 Å². The van der Waals surface area contributed by atoms with Gasteiger partial charge in [-0.3, -0.25) is 0 Å². The van der Waals surface area contributed by atoms with Gasteiger partial charge in [-0.25, -0.2) is 0 Å². The van der Waals surface area contributed by atoms with Crippen molar-refractivity contribution in [3.05, 3.63) is 279 Å². The minimum absolute atomic E-state index is 1.22. The average molecular weight is 1020 g/mol. The number of hydrogen-bond donors (Lipinski definition) is 0. The lowest BCUT2D eigenvalue weighted by molar-refractivity contribution is 1.64. The molecule has 0 radical (unpaired) electrons. The van der Waals surface area contributed by atoms with E-state index in [4.69, 9.17) is 0 Å². The molecular formula is C76H46S2. The number of hydrogen-bond acceptors (Lipinski definition) is 2. The van der Waals surface area contributed by atoms with Crippen molar-refractivity contribution in [2.45, 2.75) is 0 Å². The van der Waals surface area contributed by atoms with E-state index in [1.165, 1.54) is 162 Å². The summed E-state index contributed by atoms with van der Waals surface area (Å²) in [6.07, 6.45) is 0. The zero-order valence-electron chi connectivity index (χ0n) is 42.4. The van der Waals surface area contributed by atoms with Crippen molar-refractivity contribution in [1.29, 1.82) is 0 Å². The Labute approximate surface area is 460 Å². The maximum atomic E-state index is 2.41. The highest BCUT2D eigenvalue weighted by Gasteiger charge is 2.29. The monoisotopic (exact) mass is 1020 g/mol. The Morgan fingerprint density at radius 2 is 0.449 bits per heavy atom. The van der Waals surface area contributed by atoms with Gasteiger partial charge in [0.2, 0.25) is 0 Å². The summed E-state index contributed by atoms with van der Waals surface area (Å²) in [5.41, 5.74) is 17.5. The van der Waals surface area contributed by atoms with Gasteiger partial charge in [0.25, 0.3) is 0 Å². The number of thiophene rings is 2. The minimum atomic E-state index is 1.22. The van der Waals surface area contributed by atoms with Crippen LogP contribution in [0.1, 0.15) is 0 Å². The van der Waals surface area contributed by atoms with E-state index in [-0.39, 0.29) is 0 Å². The average Bonchev–Trinajstić information content (AvgIpc) is 4.30.